The molecule has 3 aliphatic rings. The van der Waals surface area contributed by atoms with E-state index in [1.165, 1.54) is 41.5 Å². The lowest BCUT2D eigenvalue weighted by Crippen LogP contribution is -2.37. The first-order valence-corrected chi connectivity index (χ1v) is 21.0. The average Bonchev–Trinajstić information content (AvgIpc) is 3.68. The van der Waals surface area contributed by atoms with E-state index in [1.807, 2.05) is 6.08 Å². The lowest BCUT2D eigenvalue weighted by Gasteiger charge is -2.32. The standard InChI is InChI=1S/C46H69N3O5/c1-4-5-7-10-33-13-14-37(43(51)27-33)11-8-6-9-12-41(45(52)53)42(50)17-19-46(54)30-36(24-34-18-20-48-44(47)28-34)25-38(46)29-40-16-15-39(49-40)26-35-22-31(2)21-32(3)23-35/h13-16,18,21-23,28,33,36-38,41-43,48-51,54H,4-12,17,19-20,24-27,29-30,47H2,1-3H3,(H,52,53)/t33-,36-,37-,38+,41+,42-,43-,46+/m1/s1. The van der Waals surface area contributed by atoms with Gasteiger partial charge in [-0.25, -0.2) is 0 Å². The van der Waals surface area contributed by atoms with Crippen molar-refractivity contribution in [3.8, 4) is 0 Å². The van der Waals surface area contributed by atoms with Crippen LogP contribution >= 0.6 is 0 Å². The van der Waals surface area contributed by atoms with Crippen LogP contribution in [0.3, 0.4) is 0 Å². The van der Waals surface area contributed by atoms with Crippen molar-refractivity contribution < 1.29 is 25.2 Å². The van der Waals surface area contributed by atoms with Crippen molar-refractivity contribution in [3.05, 3.63) is 94.1 Å². The van der Waals surface area contributed by atoms with E-state index < -0.39 is 23.6 Å². The van der Waals surface area contributed by atoms with Gasteiger partial charge in [0.1, 0.15) is 0 Å². The molecule has 1 aliphatic heterocycles. The zero-order chi connectivity index (χ0) is 38.7. The quantitative estimate of drug-likeness (QED) is 0.0503. The molecule has 2 aliphatic carbocycles. The first-order chi connectivity index (χ1) is 25.9. The number of aromatic nitrogens is 1. The van der Waals surface area contributed by atoms with Crippen LogP contribution in [0.15, 0.2) is 66.0 Å². The number of unbranched alkanes of at least 4 members (excludes halogenated alkanes) is 4. The van der Waals surface area contributed by atoms with Gasteiger partial charge in [0.2, 0.25) is 0 Å². The fourth-order valence-electron chi connectivity index (χ4n) is 9.71. The molecular formula is C46H69N3O5. The molecule has 8 nitrogen and oxygen atoms in total. The van der Waals surface area contributed by atoms with Gasteiger partial charge in [-0.1, -0.05) is 93.0 Å². The molecule has 1 aromatic heterocycles. The molecular weight excluding hydrogens is 675 g/mol. The molecule has 8 heteroatoms. The van der Waals surface area contributed by atoms with Gasteiger partial charge in [-0.3, -0.25) is 4.79 Å². The van der Waals surface area contributed by atoms with Crippen LogP contribution < -0.4 is 11.1 Å². The maximum Gasteiger partial charge on any atom is 0.309 e. The van der Waals surface area contributed by atoms with E-state index in [0.29, 0.717) is 50.4 Å². The lowest BCUT2D eigenvalue weighted by atomic mass is 9.80. The SMILES string of the molecule is CCCCC[C@@H]1C=C[C@@H](CCCCC[C@H](C(=O)O)[C@H](O)CC[C@]2(O)C[C@H](CC3=CCNC(N)=C3)C[C@H]2Cc2ccc(Cc3cc(C)cc(C)c3)[nH]2)[C@H](O)C1. The van der Waals surface area contributed by atoms with Gasteiger partial charge >= 0.3 is 5.97 Å². The largest absolute Gasteiger partial charge is 0.481 e. The van der Waals surface area contributed by atoms with Gasteiger partial charge in [-0.15, -0.1) is 0 Å². The number of aromatic amines is 1. The van der Waals surface area contributed by atoms with E-state index in [9.17, 15) is 25.2 Å². The normalized spacial score (nSPS) is 26.6. The van der Waals surface area contributed by atoms with E-state index in [4.69, 9.17) is 5.73 Å². The predicted molar refractivity (Wildman–Crippen MR) is 218 cm³/mol. The molecule has 5 rings (SSSR count). The highest BCUT2D eigenvalue weighted by Gasteiger charge is 2.46. The number of hydrogen-bond acceptors (Lipinski definition) is 6. The molecule has 1 fully saturated rings. The molecule has 2 heterocycles. The minimum atomic E-state index is -1.02. The van der Waals surface area contributed by atoms with Gasteiger partial charge in [0, 0.05) is 30.3 Å². The van der Waals surface area contributed by atoms with Gasteiger partial charge in [0.15, 0.2) is 0 Å². The predicted octanol–water partition coefficient (Wildman–Crippen LogP) is 8.17. The van der Waals surface area contributed by atoms with E-state index in [-0.39, 0.29) is 30.3 Å². The van der Waals surface area contributed by atoms with E-state index in [0.717, 1.165) is 62.8 Å². The number of nitrogens with one attached hydrogen (secondary N) is 2. The summed E-state index contributed by atoms with van der Waals surface area (Å²) < 4.78 is 0. The van der Waals surface area contributed by atoms with Crippen LogP contribution in [0.25, 0.3) is 0 Å². The third kappa shape index (κ3) is 12.3. The van der Waals surface area contributed by atoms with Crippen molar-refractivity contribution in [3.63, 3.8) is 0 Å². The number of carboxylic acid groups (broad SMARTS) is 1. The van der Waals surface area contributed by atoms with E-state index in [1.54, 1.807) is 0 Å². The summed E-state index contributed by atoms with van der Waals surface area (Å²) in [5, 5.41) is 47.6. The van der Waals surface area contributed by atoms with Crippen LogP contribution in [-0.2, 0) is 17.6 Å². The Morgan fingerprint density at radius 1 is 0.963 bits per heavy atom. The maximum atomic E-state index is 12.4. The molecule has 2 aromatic rings. The Balaban J connectivity index is 1.15. The minimum absolute atomic E-state index is 0.0230. The van der Waals surface area contributed by atoms with Gasteiger partial charge in [-0.05, 0) is 125 Å². The van der Waals surface area contributed by atoms with Gasteiger partial charge in [0.05, 0.1) is 29.5 Å². The number of aliphatic hydroxyl groups is 3. The number of allylic oxidation sites excluding steroid dienone is 3. The summed E-state index contributed by atoms with van der Waals surface area (Å²) in [6.07, 6.45) is 21.2. The van der Waals surface area contributed by atoms with Crippen molar-refractivity contribution in [1.82, 2.24) is 10.3 Å². The Morgan fingerprint density at radius 2 is 1.72 bits per heavy atom. The van der Waals surface area contributed by atoms with Crippen LogP contribution in [0.1, 0.15) is 131 Å². The highest BCUT2D eigenvalue weighted by Crippen LogP contribution is 2.47. The molecule has 0 unspecified atom stereocenters. The molecule has 0 saturated heterocycles. The van der Waals surface area contributed by atoms with Crippen LogP contribution in [0.4, 0.5) is 0 Å². The number of benzene rings is 1. The lowest BCUT2D eigenvalue weighted by molar-refractivity contribution is -0.146. The zero-order valence-corrected chi connectivity index (χ0v) is 33.2. The van der Waals surface area contributed by atoms with E-state index >= 15 is 0 Å². The van der Waals surface area contributed by atoms with Crippen molar-refractivity contribution in [2.75, 3.05) is 6.54 Å². The second kappa shape index (κ2) is 20.0. The Kier molecular flexibility index (Phi) is 15.5. The molecule has 1 aromatic carbocycles. The molecule has 0 amide bonds. The molecule has 8 N–H and O–H groups in total. The van der Waals surface area contributed by atoms with Crippen molar-refractivity contribution in [2.45, 2.75) is 148 Å². The van der Waals surface area contributed by atoms with Crippen LogP contribution in [0.5, 0.6) is 0 Å². The van der Waals surface area contributed by atoms with Crippen LogP contribution in [-0.4, -0.2) is 55.7 Å². The highest BCUT2D eigenvalue weighted by atomic mass is 16.4. The smallest absolute Gasteiger partial charge is 0.309 e. The molecule has 8 atom stereocenters. The monoisotopic (exact) mass is 744 g/mol. The number of dihydropyridines is 1. The third-order valence-corrected chi connectivity index (χ3v) is 12.6. The van der Waals surface area contributed by atoms with Crippen molar-refractivity contribution in [2.24, 2.45) is 35.3 Å². The van der Waals surface area contributed by atoms with E-state index in [2.05, 4.69) is 79.6 Å². The number of hydrogen-bond donors (Lipinski definition) is 7. The summed E-state index contributed by atoms with van der Waals surface area (Å²) in [6.45, 7) is 7.16. The first kappa shape index (κ1) is 41.8. The fraction of sp³-hybridized carbons (Fsp3) is 0.630. The van der Waals surface area contributed by atoms with Gasteiger partial charge in [-0.2, -0.15) is 0 Å². The van der Waals surface area contributed by atoms with Gasteiger partial charge in [0.25, 0.3) is 0 Å². The minimum Gasteiger partial charge on any atom is -0.481 e. The number of nitrogens with two attached hydrogens (primary N) is 1. The Hall–Kier alpha value is -3.33. The molecule has 0 spiro atoms. The summed E-state index contributed by atoms with van der Waals surface area (Å²) in [5.41, 5.74) is 12.3. The van der Waals surface area contributed by atoms with Crippen LogP contribution in [0, 0.1) is 43.4 Å². The van der Waals surface area contributed by atoms with Crippen molar-refractivity contribution in [1.29, 1.82) is 0 Å². The number of carbonyl (C=O) groups is 1. The Morgan fingerprint density at radius 3 is 2.44 bits per heavy atom. The number of aliphatic carboxylic acids is 1. The first-order valence-electron chi connectivity index (χ1n) is 21.0. The topological polar surface area (TPSA) is 152 Å². The molecule has 0 radical (unpaired) electrons. The summed E-state index contributed by atoms with van der Waals surface area (Å²) in [5.74, 6) is -0.283. The Labute approximate surface area is 324 Å². The average molecular weight is 744 g/mol. The summed E-state index contributed by atoms with van der Waals surface area (Å²) in [6, 6.07) is 10.9. The molecule has 1 saturated carbocycles. The summed E-state index contributed by atoms with van der Waals surface area (Å²) in [4.78, 5) is 16.0. The number of rotatable bonds is 21. The van der Waals surface area contributed by atoms with Gasteiger partial charge < -0.3 is 36.5 Å². The molecule has 298 valence electrons. The second-order valence-electron chi connectivity index (χ2n) is 17.3. The second-order valence-corrected chi connectivity index (χ2v) is 17.3. The Bertz CT molecular complexity index is 1570. The number of aliphatic hydroxyl groups excluding tert-OH is 2. The number of aryl methyl sites for hydroxylation is 2. The number of H-pyrrole nitrogens is 1. The zero-order valence-electron chi connectivity index (χ0n) is 33.2. The summed E-state index contributed by atoms with van der Waals surface area (Å²) >= 11 is 0. The number of carboxylic acids is 1. The van der Waals surface area contributed by atoms with Crippen LogP contribution in [0.2, 0.25) is 0 Å². The summed E-state index contributed by atoms with van der Waals surface area (Å²) in [7, 11) is 0. The van der Waals surface area contributed by atoms with Crippen molar-refractivity contribution >= 4 is 5.97 Å². The molecule has 54 heavy (non-hydrogen) atoms. The molecule has 0 bridgehead atoms. The highest BCUT2D eigenvalue weighted by molar-refractivity contribution is 5.70. The third-order valence-electron chi connectivity index (χ3n) is 12.6. The fourth-order valence-corrected chi connectivity index (χ4v) is 9.71. The maximum absolute atomic E-state index is 12.4.